The van der Waals surface area contributed by atoms with Gasteiger partial charge in [0.05, 0.1) is 23.9 Å². The Morgan fingerprint density at radius 3 is 2.64 bits per heavy atom. The van der Waals surface area contributed by atoms with Crippen LogP contribution >= 0.6 is 0 Å². The van der Waals surface area contributed by atoms with Gasteiger partial charge in [-0.05, 0) is 30.3 Å². The van der Waals surface area contributed by atoms with Crippen LogP contribution in [0.5, 0.6) is 11.5 Å². The maximum absolute atomic E-state index is 12.7. The van der Waals surface area contributed by atoms with Crippen LogP contribution in [0.15, 0.2) is 41.5 Å². The number of hydrazone groups is 1. The van der Waals surface area contributed by atoms with E-state index >= 15 is 0 Å². The molecule has 0 heterocycles. The molecule has 114 valence electrons. The van der Waals surface area contributed by atoms with Gasteiger partial charge in [0.15, 0.2) is 5.75 Å². The molecule has 2 aromatic carbocycles. The molecular formula is C14H12FN3O4. The zero-order chi connectivity index (χ0) is 16.1. The average molecular weight is 305 g/mol. The van der Waals surface area contributed by atoms with Gasteiger partial charge < -0.3 is 9.84 Å². The van der Waals surface area contributed by atoms with Crippen LogP contribution in [0, 0.1) is 15.9 Å². The van der Waals surface area contributed by atoms with Gasteiger partial charge >= 0.3 is 5.69 Å². The van der Waals surface area contributed by atoms with Crippen molar-refractivity contribution in [1.82, 2.24) is 0 Å². The van der Waals surface area contributed by atoms with Gasteiger partial charge in [-0.25, -0.2) is 4.39 Å². The highest BCUT2D eigenvalue weighted by Gasteiger charge is 2.19. The zero-order valence-corrected chi connectivity index (χ0v) is 11.5. The Morgan fingerprint density at radius 2 is 2.05 bits per heavy atom. The second kappa shape index (κ2) is 6.53. The number of hydrogen-bond donors (Lipinski definition) is 2. The van der Waals surface area contributed by atoms with Crippen LogP contribution in [0.2, 0.25) is 0 Å². The topological polar surface area (TPSA) is 97.0 Å². The SMILES string of the molecule is COc1cc(C=NNc2ccc(F)cc2)cc([N+](=O)[O-])c1O. The van der Waals surface area contributed by atoms with Crippen molar-refractivity contribution in [2.75, 3.05) is 12.5 Å². The summed E-state index contributed by atoms with van der Waals surface area (Å²) in [4.78, 5) is 10.1. The molecular weight excluding hydrogens is 293 g/mol. The fourth-order valence-electron chi connectivity index (χ4n) is 1.69. The molecule has 0 aliphatic rings. The molecule has 2 aromatic rings. The summed E-state index contributed by atoms with van der Waals surface area (Å²) in [6, 6.07) is 8.09. The molecule has 0 saturated heterocycles. The van der Waals surface area contributed by atoms with Crippen molar-refractivity contribution in [3.8, 4) is 11.5 Å². The second-order valence-electron chi connectivity index (χ2n) is 4.22. The van der Waals surface area contributed by atoms with Gasteiger partial charge in [0, 0.05) is 11.6 Å². The fourth-order valence-corrected chi connectivity index (χ4v) is 1.69. The van der Waals surface area contributed by atoms with Gasteiger partial charge in [0.25, 0.3) is 0 Å². The minimum atomic E-state index is -0.720. The van der Waals surface area contributed by atoms with E-state index in [4.69, 9.17) is 4.74 Å². The van der Waals surface area contributed by atoms with Crippen LogP contribution in [0.25, 0.3) is 0 Å². The molecule has 0 amide bonds. The third kappa shape index (κ3) is 3.48. The summed E-state index contributed by atoms with van der Waals surface area (Å²) in [6.45, 7) is 0. The summed E-state index contributed by atoms with van der Waals surface area (Å²) in [5.41, 5.74) is 3.08. The van der Waals surface area contributed by atoms with E-state index < -0.39 is 16.4 Å². The van der Waals surface area contributed by atoms with E-state index in [-0.39, 0.29) is 11.6 Å². The number of nitrogens with one attached hydrogen (secondary N) is 1. The molecule has 0 aromatic heterocycles. The van der Waals surface area contributed by atoms with E-state index in [2.05, 4.69) is 10.5 Å². The Bertz CT molecular complexity index is 717. The highest BCUT2D eigenvalue weighted by molar-refractivity contribution is 5.83. The number of rotatable bonds is 5. The van der Waals surface area contributed by atoms with Crippen LogP contribution in [0.3, 0.4) is 0 Å². The van der Waals surface area contributed by atoms with Gasteiger partial charge in [-0.1, -0.05) is 0 Å². The first-order chi connectivity index (χ1) is 10.5. The molecule has 0 fully saturated rings. The van der Waals surface area contributed by atoms with Crippen molar-refractivity contribution < 1.29 is 19.2 Å². The highest BCUT2D eigenvalue weighted by Crippen LogP contribution is 2.36. The van der Waals surface area contributed by atoms with E-state index in [1.807, 2.05) is 0 Å². The first kappa shape index (κ1) is 15.2. The highest BCUT2D eigenvalue weighted by atomic mass is 19.1. The van der Waals surface area contributed by atoms with E-state index in [9.17, 15) is 19.6 Å². The number of phenols is 1. The summed E-state index contributed by atoms with van der Waals surface area (Å²) in [6.07, 6.45) is 1.32. The molecule has 22 heavy (non-hydrogen) atoms. The largest absolute Gasteiger partial charge is 0.500 e. The predicted molar refractivity (Wildman–Crippen MR) is 78.9 cm³/mol. The Balaban J connectivity index is 2.21. The van der Waals surface area contributed by atoms with Crippen LogP contribution < -0.4 is 10.2 Å². The summed E-state index contributed by atoms with van der Waals surface area (Å²) in [7, 11) is 1.29. The lowest BCUT2D eigenvalue weighted by atomic mass is 10.2. The first-order valence-corrected chi connectivity index (χ1v) is 6.11. The maximum Gasteiger partial charge on any atom is 0.315 e. The lowest BCUT2D eigenvalue weighted by Gasteiger charge is -2.05. The molecule has 2 rings (SSSR count). The summed E-state index contributed by atoms with van der Waals surface area (Å²) in [5.74, 6) is -0.943. The summed E-state index contributed by atoms with van der Waals surface area (Å²) >= 11 is 0. The van der Waals surface area contributed by atoms with E-state index in [0.717, 1.165) is 6.07 Å². The summed E-state index contributed by atoms with van der Waals surface area (Å²) < 4.78 is 17.6. The van der Waals surface area contributed by atoms with Crippen LogP contribution in [0.4, 0.5) is 15.8 Å². The smallest absolute Gasteiger partial charge is 0.315 e. The molecule has 0 atom stereocenters. The van der Waals surface area contributed by atoms with Gasteiger partial charge in [0.2, 0.25) is 5.75 Å². The van der Waals surface area contributed by atoms with E-state index in [0.29, 0.717) is 11.3 Å². The van der Waals surface area contributed by atoms with Gasteiger partial charge in [-0.2, -0.15) is 5.10 Å². The minimum Gasteiger partial charge on any atom is -0.500 e. The molecule has 0 aliphatic heterocycles. The number of halogens is 1. The van der Waals surface area contributed by atoms with Crippen LogP contribution in [-0.2, 0) is 0 Å². The number of nitro groups is 1. The number of aromatic hydroxyl groups is 1. The van der Waals surface area contributed by atoms with Crippen molar-refractivity contribution in [2.24, 2.45) is 5.10 Å². The molecule has 8 heteroatoms. The van der Waals surface area contributed by atoms with Crippen molar-refractivity contribution in [1.29, 1.82) is 0 Å². The van der Waals surface area contributed by atoms with Gasteiger partial charge in [0.1, 0.15) is 5.82 Å². The number of methoxy groups -OCH3 is 1. The second-order valence-corrected chi connectivity index (χ2v) is 4.22. The monoisotopic (exact) mass is 305 g/mol. The minimum absolute atomic E-state index is 0.0302. The lowest BCUT2D eigenvalue weighted by molar-refractivity contribution is -0.386. The van der Waals surface area contributed by atoms with Gasteiger partial charge in [-0.3, -0.25) is 15.5 Å². The standard InChI is InChI=1S/C14H12FN3O4/c1-22-13-7-9(6-12(14(13)19)18(20)21)8-16-17-11-4-2-10(15)3-5-11/h2-8,17,19H,1H3. The molecule has 7 nitrogen and oxygen atoms in total. The third-order valence-corrected chi connectivity index (χ3v) is 2.75. The maximum atomic E-state index is 12.7. The normalized spacial score (nSPS) is 10.6. The van der Waals surface area contributed by atoms with Crippen LogP contribution in [-0.4, -0.2) is 23.4 Å². The molecule has 0 spiro atoms. The molecule has 0 bridgehead atoms. The van der Waals surface area contributed by atoms with Crippen molar-refractivity contribution >= 4 is 17.6 Å². The fraction of sp³-hybridized carbons (Fsp3) is 0.0714. The zero-order valence-electron chi connectivity index (χ0n) is 11.5. The molecule has 0 saturated carbocycles. The van der Waals surface area contributed by atoms with Crippen molar-refractivity contribution in [3.05, 3.63) is 57.9 Å². The molecule has 0 unspecified atom stereocenters. The Morgan fingerprint density at radius 1 is 1.36 bits per heavy atom. The van der Waals surface area contributed by atoms with Crippen molar-refractivity contribution in [2.45, 2.75) is 0 Å². The lowest BCUT2D eigenvalue weighted by Crippen LogP contribution is -1.96. The number of anilines is 1. The third-order valence-electron chi connectivity index (χ3n) is 2.75. The van der Waals surface area contributed by atoms with Crippen molar-refractivity contribution in [3.63, 3.8) is 0 Å². The predicted octanol–water partition coefficient (Wildman–Crippen LogP) is 2.89. The quantitative estimate of drug-likeness (QED) is 0.503. The number of hydrogen-bond acceptors (Lipinski definition) is 6. The Kier molecular flexibility index (Phi) is 4.52. The molecule has 0 radical (unpaired) electrons. The number of nitrogens with zero attached hydrogens (tertiary/aromatic N) is 2. The van der Waals surface area contributed by atoms with Gasteiger partial charge in [-0.15, -0.1) is 0 Å². The summed E-state index contributed by atoms with van der Waals surface area (Å²) in [5, 5.41) is 24.4. The van der Waals surface area contributed by atoms with E-state index in [1.54, 1.807) is 0 Å². The molecule has 2 N–H and O–H groups in total. The number of ether oxygens (including phenoxy) is 1. The number of benzene rings is 2. The molecule has 0 aliphatic carbocycles. The Hall–Kier alpha value is -3.16. The number of phenolic OH excluding ortho intramolecular Hbond substituents is 1. The van der Waals surface area contributed by atoms with E-state index in [1.165, 1.54) is 43.7 Å². The van der Waals surface area contributed by atoms with Crippen LogP contribution in [0.1, 0.15) is 5.56 Å². The average Bonchev–Trinajstić information content (AvgIpc) is 2.50. The Labute approximate surface area is 124 Å². The number of nitro benzene ring substituents is 1. The first-order valence-electron chi connectivity index (χ1n) is 6.11.